The van der Waals surface area contributed by atoms with Gasteiger partial charge in [-0.1, -0.05) is 6.07 Å². The van der Waals surface area contributed by atoms with Crippen molar-refractivity contribution in [2.75, 3.05) is 6.54 Å². The van der Waals surface area contributed by atoms with Crippen molar-refractivity contribution in [3.63, 3.8) is 0 Å². The van der Waals surface area contributed by atoms with E-state index in [1.807, 2.05) is 25.1 Å². The van der Waals surface area contributed by atoms with Crippen molar-refractivity contribution in [1.82, 2.24) is 15.5 Å². The SMILES string of the molecule is Cc1cc(CNC(=O)c2ccc3c(c2)C(CN)CCC3)n[nH]1. The molecule has 0 saturated heterocycles. The Morgan fingerprint density at radius 2 is 2.32 bits per heavy atom. The second-order valence-electron chi connectivity index (χ2n) is 5.96. The van der Waals surface area contributed by atoms with Gasteiger partial charge in [0.05, 0.1) is 12.2 Å². The maximum atomic E-state index is 12.3. The van der Waals surface area contributed by atoms with Crippen LogP contribution in [-0.2, 0) is 13.0 Å². The van der Waals surface area contributed by atoms with Crippen molar-refractivity contribution in [2.24, 2.45) is 5.73 Å². The van der Waals surface area contributed by atoms with Gasteiger partial charge in [0.2, 0.25) is 0 Å². The van der Waals surface area contributed by atoms with E-state index in [0.717, 1.165) is 24.2 Å². The van der Waals surface area contributed by atoms with Gasteiger partial charge in [0, 0.05) is 11.3 Å². The van der Waals surface area contributed by atoms with E-state index in [4.69, 9.17) is 5.73 Å². The molecule has 0 aliphatic heterocycles. The molecule has 1 aliphatic rings. The summed E-state index contributed by atoms with van der Waals surface area (Å²) >= 11 is 0. The smallest absolute Gasteiger partial charge is 0.251 e. The van der Waals surface area contributed by atoms with E-state index in [0.29, 0.717) is 24.6 Å². The van der Waals surface area contributed by atoms with Crippen LogP contribution >= 0.6 is 0 Å². The van der Waals surface area contributed by atoms with E-state index in [-0.39, 0.29) is 5.91 Å². The van der Waals surface area contributed by atoms with Gasteiger partial charge in [-0.25, -0.2) is 0 Å². The molecule has 2 aromatic rings. The summed E-state index contributed by atoms with van der Waals surface area (Å²) in [5.41, 5.74) is 11.0. The van der Waals surface area contributed by atoms with E-state index in [1.54, 1.807) is 0 Å². The van der Waals surface area contributed by atoms with Gasteiger partial charge in [0.15, 0.2) is 0 Å². The number of hydrogen-bond donors (Lipinski definition) is 3. The lowest BCUT2D eigenvalue weighted by Gasteiger charge is -2.24. The number of benzene rings is 1. The maximum absolute atomic E-state index is 12.3. The maximum Gasteiger partial charge on any atom is 0.251 e. The highest BCUT2D eigenvalue weighted by Crippen LogP contribution is 2.31. The lowest BCUT2D eigenvalue weighted by atomic mass is 9.82. The average Bonchev–Trinajstić information content (AvgIpc) is 2.97. The lowest BCUT2D eigenvalue weighted by molar-refractivity contribution is 0.0950. The predicted molar refractivity (Wildman–Crippen MR) is 85.7 cm³/mol. The molecule has 0 spiro atoms. The minimum atomic E-state index is -0.0650. The van der Waals surface area contributed by atoms with Crippen molar-refractivity contribution in [1.29, 1.82) is 0 Å². The third-order valence-corrected chi connectivity index (χ3v) is 4.32. The number of rotatable bonds is 4. The van der Waals surface area contributed by atoms with Gasteiger partial charge in [-0.2, -0.15) is 5.10 Å². The lowest BCUT2D eigenvalue weighted by Crippen LogP contribution is -2.24. The van der Waals surface area contributed by atoms with E-state index < -0.39 is 0 Å². The molecule has 4 N–H and O–H groups in total. The molecule has 116 valence electrons. The van der Waals surface area contributed by atoms with Gasteiger partial charge in [0.1, 0.15) is 0 Å². The quantitative estimate of drug-likeness (QED) is 0.807. The third-order valence-electron chi connectivity index (χ3n) is 4.32. The highest BCUT2D eigenvalue weighted by atomic mass is 16.1. The number of aryl methyl sites for hydroxylation is 2. The predicted octanol–water partition coefficient (Wildman–Crippen LogP) is 2.03. The number of hydrogen-bond acceptors (Lipinski definition) is 3. The second kappa shape index (κ2) is 6.32. The summed E-state index contributed by atoms with van der Waals surface area (Å²) in [6.07, 6.45) is 3.38. The molecule has 1 aliphatic carbocycles. The van der Waals surface area contributed by atoms with E-state index in [1.165, 1.54) is 17.5 Å². The number of fused-ring (bicyclic) bond motifs is 1. The first kappa shape index (κ1) is 14.8. The molecule has 0 bridgehead atoms. The third kappa shape index (κ3) is 3.04. The summed E-state index contributed by atoms with van der Waals surface area (Å²) in [7, 11) is 0. The molecular weight excluding hydrogens is 276 g/mol. The normalized spacial score (nSPS) is 17.1. The number of amides is 1. The zero-order valence-electron chi connectivity index (χ0n) is 12.9. The first-order valence-electron chi connectivity index (χ1n) is 7.79. The summed E-state index contributed by atoms with van der Waals surface area (Å²) in [5.74, 6) is 0.315. The number of nitrogens with zero attached hydrogens (tertiary/aromatic N) is 1. The van der Waals surface area contributed by atoms with Crippen LogP contribution in [0.2, 0.25) is 0 Å². The van der Waals surface area contributed by atoms with Gasteiger partial charge in [0.25, 0.3) is 5.91 Å². The van der Waals surface area contributed by atoms with Crippen LogP contribution in [0.15, 0.2) is 24.3 Å². The van der Waals surface area contributed by atoms with Crippen LogP contribution in [0.25, 0.3) is 0 Å². The average molecular weight is 298 g/mol. The minimum Gasteiger partial charge on any atom is -0.346 e. The molecule has 1 heterocycles. The van der Waals surface area contributed by atoms with Gasteiger partial charge in [-0.3, -0.25) is 9.89 Å². The standard InChI is InChI=1S/C17H22N4O/c1-11-7-15(21-20-11)10-19-17(22)13-6-5-12-3-2-4-14(9-18)16(12)8-13/h5-8,14H,2-4,9-10,18H2,1H3,(H,19,22)(H,20,21). The molecule has 1 atom stereocenters. The fourth-order valence-electron chi connectivity index (χ4n) is 3.12. The van der Waals surface area contributed by atoms with Crippen molar-refractivity contribution < 1.29 is 4.79 Å². The molecule has 5 heteroatoms. The van der Waals surface area contributed by atoms with Crippen LogP contribution in [0.5, 0.6) is 0 Å². The van der Waals surface area contributed by atoms with Gasteiger partial charge in [-0.15, -0.1) is 0 Å². The van der Waals surface area contributed by atoms with Crippen molar-refractivity contribution in [2.45, 2.75) is 38.6 Å². The Kier molecular flexibility index (Phi) is 4.24. The highest BCUT2D eigenvalue weighted by molar-refractivity contribution is 5.94. The van der Waals surface area contributed by atoms with Crippen molar-refractivity contribution in [3.05, 3.63) is 52.3 Å². The Morgan fingerprint density at radius 1 is 1.45 bits per heavy atom. The zero-order chi connectivity index (χ0) is 15.5. The van der Waals surface area contributed by atoms with Crippen LogP contribution in [0, 0.1) is 6.92 Å². The fraction of sp³-hybridized carbons (Fsp3) is 0.412. The summed E-state index contributed by atoms with van der Waals surface area (Å²) in [4.78, 5) is 12.3. The van der Waals surface area contributed by atoms with Crippen LogP contribution < -0.4 is 11.1 Å². The molecule has 3 rings (SSSR count). The number of carbonyl (C=O) groups excluding carboxylic acids is 1. The Balaban J connectivity index is 1.72. The number of aromatic amines is 1. The molecule has 5 nitrogen and oxygen atoms in total. The topological polar surface area (TPSA) is 83.8 Å². The number of nitrogens with one attached hydrogen (secondary N) is 2. The summed E-state index contributed by atoms with van der Waals surface area (Å²) in [6, 6.07) is 7.92. The van der Waals surface area contributed by atoms with Gasteiger partial charge < -0.3 is 11.1 Å². The largest absolute Gasteiger partial charge is 0.346 e. The second-order valence-corrected chi connectivity index (χ2v) is 5.96. The number of carbonyl (C=O) groups is 1. The molecule has 1 amide bonds. The Morgan fingerprint density at radius 3 is 3.05 bits per heavy atom. The summed E-state index contributed by atoms with van der Waals surface area (Å²) in [5, 5.41) is 9.91. The molecular formula is C17H22N4O. The van der Waals surface area contributed by atoms with Crippen LogP contribution in [0.1, 0.15) is 51.6 Å². The van der Waals surface area contributed by atoms with Crippen LogP contribution in [0.3, 0.4) is 0 Å². The van der Waals surface area contributed by atoms with Gasteiger partial charge in [-0.05, 0) is 68.0 Å². The number of aromatic nitrogens is 2. The first-order chi connectivity index (χ1) is 10.7. The Labute approximate surface area is 130 Å². The molecule has 1 aromatic carbocycles. The zero-order valence-corrected chi connectivity index (χ0v) is 12.9. The van der Waals surface area contributed by atoms with E-state index in [2.05, 4.69) is 21.6 Å². The first-order valence-corrected chi connectivity index (χ1v) is 7.79. The van der Waals surface area contributed by atoms with Crippen LogP contribution in [0.4, 0.5) is 0 Å². The summed E-state index contributed by atoms with van der Waals surface area (Å²) < 4.78 is 0. The fourth-order valence-corrected chi connectivity index (χ4v) is 3.12. The Hall–Kier alpha value is -2.14. The van der Waals surface area contributed by atoms with Crippen molar-refractivity contribution in [3.8, 4) is 0 Å². The monoisotopic (exact) mass is 298 g/mol. The molecule has 0 fully saturated rings. The molecule has 1 unspecified atom stereocenters. The van der Waals surface area contributed by atoms with E-state index in [9.17, 15) is 4.79 Å². The van der Waals surface area contributed by atoms with Gasteiger partial charge >= 0.3 is 0 Å². The Bertz CT molecular complexity index is 677. The van der Waals surface area contributed by atoms with Crippen molar-refractivity contribution >= 4 is 5.91 Å². The number of H-pyrrole nitrogens is 1. The van der Waals surface area contributed by atoms with Crippen LogP contribution in [-0.4, -0.2) is 22.6 Å². The molecule has 22 heavy (non-hydrogen) atoms. The summed E-state index contributed by atoms with van der Waals surface area (Å²) in [6.45, 7) is 3.01. The van der Waals surface area contributed by atoms with E-state index >= 15 is 0 Å². The molecule has 0 saturated carbocycles. The molecule has 0 radical (unpaired) electrons. The highest BCUT2D eigenvalue weighted by Gasteiger charge is 2.20. The minimum absolute atomic E-state index is 0.0650. The number of nitrogens with two attached hydrogens (primary N) is 1. The molecule has 1 aromatic heterocycles.